The number of hydrogen-bond acceptors (Lipinski definition) is 6. The minimum atomic E-state index is 0.0209. The average Bonchev–Trinajstić information content (AvgIpc) is 2.30. The molecule has 0 aliphatic carbocycles. The van der Waals surface area contributed by atoms with Crippen LogP contribution in [0.25, 0.3) is 0 Å². The van der Waals surface area contributed by atoms with Gasteiger partial charge in [-0.3, -0.25) is 4.98 Å². The zero-order valence-electron chi connectivity index (χ0n) is 9.43. The third kappa shape index (κ3) is 3.63. The van der Waals surface area contributed by atoms with E-state index in [9.17, 15) is 0 Å². The second-order valence-electron chi connectivity index (χ2n) is 3.23. The Labute approximate surface area is 95.0 Å². The lowest BCUT2D eigenvalue weighted by Gasteiger charge is -2.21. The smallest absolute Gasteiger partial charge is 0.149 e. The molecule has 0 amide bonds. The SMILES string of the molecule is CCNc1cncc(N(CCO)CCO)n1. The van der Waals surface area contributed by atoms with Crippen LogP contribution in [0, 0.1) is 0 Å². The first-order chi connectivity index (χ1) is 7.81. The van der Waals surface area contributed by atoms with Crippen LogP contribution in [-0.2, 0) is 0 Å². The van der Waals surface area contributed by atoms with Crippen LogP contribution in [-0.4, -0.2) is 53.0 Å². The summed E-state index contributed by atoms with van der Waals surface area (Å²) in [5.41, 5.74) is 0. The van der Waals surface area contributed by atoms with Gasteiger partial charge in [-0.2, -0.15) is 0 Å². The topological polar surface area (TPSA) is 81.5 Å². The number of nitrogens with one attached hydrogen (secondary N) is 1. The maximum Gasteiger partial charge on any atom is 0.149 e. The number of nitrogens with zero attached hydrogens (tertiary/aromatic N) is 3. The molecule has 6 nitrogen and oxygen atoms in total. The van der Waals surface area contributed by atoms with E-state index in [4.69, 9.17) is 10.2 Å². The molecule has 0 bridgehead atoms. The molecule has 0 unspecified atom stereocenters. The molecule has 1 heterocycles. The van der Waals surface area contributed by atoms with Crippen LogP contribution in [0.5, 0.6) is 0 Å². The summed E-state index contributed by atoms with van der Waals surface area (Å²) in [5, 5.41) is 20.9. The highest BCUT2D eigenvalue weighted by Gasteiger charge is 2.07. The Kier molecular flexibility index (Phi) is 5.52. The molecule has 0 aliphatic rings. The minimum absolute atomic E-state index is 0.0209. The minimum Gasteiger partial charge on any atom is -0.395 e. The molecule has 0 radical (unpaired) electrons. The summed E-state index contributed by atoms with van der Waals surface area (Å²) in [7, 11) is 0. The van der Waals surface area contributed by atoms with E-state index < -0.39 is 0 Å². The van der Waals surface area contributed by atoms with E-state index in [2.05, 4.69) is 15.3 Å². The van der Waals surface area contributed by atoms with Gasteiger partial charge in [0.2, 0.25) is 0 Å². The second-order valence-corrected chi connectivity index (χ2v) is 3.23. The van der Waals surface area contributed by atoms with Gasteiger partial charge in [0.25, 0.3) is 0 Å². The van der Waals surface area contributed by atoms with E-state index in [1.165, 1.54) is 0 Å². The van der Waals surface area contributed by atoms with E-state index in [0.717, 1.165) is 6.54 Å². The second kappa shape index (κ2) is 6.97. The number of anilines is 2. The molecule has 16 heavy (non-hydrogen) atoms. The van der Waals surface area contributed by atoms with E-state index in [1.807, 2.05) is 6.92 Å². The molecule has 3 N–H and O–H groups in total. The number of aromatic nitrogens is 2. The van der Waals surface area contributed by atoms with Crippen molar-refractivity contribution >= 4 is 11.6 Å². The van der Waals surface area contributed by atoms with Gasteiger partial charge in [0, 0.05) is 19.6 Å². The highest BCUT2D eigenvalue weighted by atomic mass is 16.3. The lowest BCUT2D eigenvalue weighted by atomic mass is 10.4. The van der Waals surface area contributed by atoms with Crippen molar-refractivity contribution in [2.75, 3.05) is 43.1 Å². The van der Waals surface area contributed by atoms with Crippen LogP contribution in [0.2, 0.25) is 0 Å². The molecule has 0 saturated heterocycles. The third-order valence-electron chi connectivity index (χ3n) is 2.04. The first-order valence-electron chi connectivity index (χ1n) is 5.34. The molecule has 1 aromatic rings. The van der Waals surface area contributed by atoms with E-state index >= 15 is 0 Å². The number of hydrogen-bond donors (Lipinski definition) is 3. The van der Waals surface area contributed by atoms with E-state index in [-0.39, 0.29) is 13.2 Å². The Balaban J connectivity index is 2.77. The monoisotopic (exact) mass is 226 g/mol. The molecule has 0 fully saturated rings. The maximum absolute atomic E-state index is 8.91. The van der Waals surface area contributed by atoms with Crippen molar-refractivity contribution in [3.05, 3.63) is 12.4 Å². The highest BCUT2D eigenvalue weighted by Crippen LogP contribution is 2.11. The summed E-state index contributed by atoms with van der Waals surface area (Å²) in [6, 6.07) is 0. The van der Waals surface area contributed by atoms with Gasteiger partial charge < -0.3 is 20.4 Å². The van der Waals surface area contributed by atoms with Gasteiger partial charge in [-0.15, -0.1) is 0 Å². The lowest BCUT2D eigenvalue weighted by Crippen LogP contribution is -2.30. The maximum atomic E-state index is 8.91. The standard InChI is InChI=1S/C10H18N4O2/c1-2-12-9-7-11-8-10(13-9)14(3-5-15)4-6-16/h7-8,15-16H,2-6H2,1H3,(H,12,13). The summed E-state index contributed by atoms with van der Waals surface area (Å²) >= 11 is 0. The zero-order chi connectivity index (χ0) is 11.8. The lowest BCUT2D eigenvalue weighted by molar-refractivity contribution is 0.280. The average molecular weight is 226 g/mol. The molecule has 0 spiro atoms. The summed E-state index contributed by atoms with van der Waals surface area (Å²) in [4.78, 5) is 10.2. The van der Waals surface area contributed by atoms with Crippen LogP contribution in [0.1, 0.15) is 6.92 Å². The van der Waals surface area contributed by atoms with Crippen LogP contribution < -0.4 is 10.2 Å². The molecule has 0 aliphatic heterocycles. The first-order valence-corrected chi connectivity index (χ1v) is 5.34. The number of rotatable bonds is 7. The quantitative estimate of drug-likeness (QED) is 0.592. The molecule has 6 heteroatoms. The van der Waals surface area contributed by atoms with Crippen molar-refractivity contribution in [2.45, 2.75) is 6.92 Å². The predicted molar refractivity (Wildman–Crippen MR) is 62.6 cm³/mol. The fourth-order valence-electron chi connectivity index (χ4n) is 1.36. The Morgan fingerprint density at radius 3 is 2.50 bits per heavy atom. The molecule has 0 atom stereocenters. The molecule has 0 aromatic carbocycles. The Morgan fingerprint density at radius 2 is 1.94 bits per heavy atom. The molecular weight excluding hydrogens is 208 g/mol. The van der Waals surface area contributed by atoms with Gasteiger partial charge in [-0.05, 0) is 6.92 Å². The molecule has 1 aromatic heterocycles. The van der Waals surface area contributed by atoms with Gasteiger partial charge in [0.05, 0.1) is 25.6 Å². The van der Waals surface area contributed by atoms with Crippen LogP contribution in [0.3, 0.4) is 0 Å². The fraction of sp³-hybridized carbons (Fsp3) is 0.600. The Morgan fingerprint density at radius 1 is 1.25 bits per heavy atom. The summed E-state index contributed by atoms with van der Waals surface area (Å²) < 4.78 is 0. The largest absolute Gasteiger partial charge is 0.395 e. The van der Waals surface area contributed by atoms with Crippen molar-refractivity contribution in [1.82, 2.24) is 9.97 Å². The number of aliphatic hydroxyl groups is 2. The van der Waals surface area contributed by atoms with Crippen molar-refractivity contribution in [2.24, 2.45) is 0 Å². The van der Waals surface area contributed by atoms with Crippen molar-refractivity contribution < 1.29 is 10.2 Å². The van der Waals surface area contributed by atoms with Crippen LogP contribution in [0.15, 0.2) is 12.4 Å². The van der Waals surface area contributed by atoms with Gasteiger partial charge in [-0.1, -0.05) is 0 Å². The van der Waals surface area contributed by atoms with Crippen LogP contribution >= 0.6 is 0 Å². The third-order valence-corrected chi connectivity index (χ3v) is 2.04. The van der Waals surface area contributed by atoms with Crippen molar-refractivity contribution in [1.29, 1.82) is 0 Å². The van der Waals surface area contributed by atoms with Crippen molar-refractivity contribution in [3.8, 4) is 0 Å². The fourth-order valence-corrected chi connectivity index (χ4v) is 1.36. The Bertz CT molecular complexity index is 303. The van der Waals surface area contributed by atoms with Crippen molar-refractivity contribution in [3.63, 3.8) is 0 Å². The zero-order valence-corrected chi connectivity index (χ0v) is 9.43. The Hall–Kier alpha value is -1.40. The van der Waals surface area contributed by atoms with Crippen LogP contribution in [0.4, 0.5) is 11.6 Å². The highest BCUT2D eigenvalue weighted by molar-refractivity contribution is 5.43. The molecular formula is C10H18N4O2. The van der Waals surface area contributed by atoms with E-state index in [0.29, 0.717) is 24.7 Å². The summed E-state index contributed by atoms with van der Waals surface area (Å²) in [6.45, 7) is 3.67. The normalized spacial score (nSPS) is 10.2. The first kappa shape index (κ1) is 12.7. The molecule has 90 valence electrons. The van der Waals surface area contributed by atoms with Gasteiger partial charge in [-0.25, -0.2) is 4.98 Å². The van der Waals surface area contributed by atoms with Gasteiger partial charge >= 0.3 is 0 Å². The van der Waals surface area contributed by atoms with Gasteiger partial charge in [0.15, 0.2) is 0 Å². The van der Waals surface area contributed by atoms with Gasteiger partial charge in [0.1, 0.15) is 11.6 Å². The molecule has 0 saturated carbocycles. The molecule has 1 rings (SSSR count). The summed E-state index contributed by atoms with van der Waals surface area (Å²) in [5.74, 6) is 1.35. The van der Waals surface area contributed by atoms with E-state index in [1.54, 1.807) is 17.3 Å². The number of aliphatic hydroxyl groups excluding tert-OH is 2. The summed E-state index contributed by atoms with van der Waals surface area (Å²) in [6.07, 6.45) is 3.26. The predicted octanol–water partition coefficient (Wildman–Crippen LogP) is -0.301.